The van der Waals surface area contributed by atoms with Gasteiger partial charge in [0.05, 0.1) is 6.10 Å². The van der Waals surface area contributed by atoms with Gasteiger partial charge in [0.1, 0.15) is 11.6 Å². The van der Waals surface area contributed by atoms with Crippen molar-refractivity contribution in [3.8, 4) is 11.5 Å². The van der Waals surface area contributed by atoms with Crippen LogP contribution < -0.4 is 4.74 Å². The number of aryl methyl sites for hydroxylation is 1. The Morgan fingerprint density at radius 2 is 1.75 bits per heavy atom. The molecule has 0 aliphatic carbocycles. The van der Waals surface area contributed by atoms with Crippen molar-refractivity contribution in [1.82, 2.24) is 0 Å². The Labute approximate surface area is 114 Å². The Bertz CT molecular complexity index is 639. The summed E-state index contributed by atoms with van der Waals surface area (Å²) < 4.78 is 45.5. The summed E-state index contributed by atoms with van der Waals surface area (Å²) in [6, 6.07) is 5.97. The summed E-state index contributed by atoms with van der Waals surface area (Å²) >= 11 is 0. The zero-order valence-corrected chi connectivity index (χ0v) is 11.0. The summed E-state index contributed by atoms with van der Waals surface area (Å²) in [6.07, 6.45) is -1.00. The number of benzene rings is 2. The molecule has 2 rings (SSSR count). The lowest BCUT2D eigenvalue weighted by atomic mass is 10.1. The molecule has 0 radical (unpaired) electrons. The second-order valence-electron chi connectivity index (χ2n) is 4.47. The van der Waals surface area contributed by atoms with Crippen molar-refractivity contribution in [3.63, 3.8) is 0 Å². The normalized spacial score (nSPS) is 12.3. The van der Waals surface area contributed by atoms with Crippen molar-refractivity contribution < 1.29 is 23.0 Å². The molecule has 2 aromatic carbocycles. The van der Waals surface area contributed by atoms with E-state index in [-0.39, 0.29) is 22.6 Å². The zero-order valence-electron chi connectivity index (χ0n) is 11.0. The molecule has 0 spiro atoms. The van der Waals surface area contributed by atoms with Crippen molar-refractivity contribution in [2.75, 3.05) is 0 Å². The van der Waals surface area contributed by atoms with Gasteiger partial charge in [-0.25, -0.2) is 8.78 Å². The van der Waals surface area contributed by atoms with E-state index in [0.29, 0.717) is 0 Å². The molecule has 0 fully saturated rings. The monoisotopic (exact) mass is 282 g/mol. The third-order valence-corrected chi connectivity index (χ3v) is 2.88. The fourth-order valence-electron chi connectivity index (χ4n) is 1.77. The molecular formula is C15H13F3O2. The predicted octanol–water partition coefficient (Wildman–Crippen LogP) is 4.26. The van der Waals surface area contributed by atoms with Crippen LogP contribution in [0.3, 0.4) is 0 Å². The third-order valence-electron chi connectivity index (χ3n) is 2.88. The smallest absolute Gasteiger partial charge is 0.201 e. The first-order valence-electron chi connectivity index (χ1n) is 6.00. The van der Waals surface area contributed by atoms with Gasteiger partial charge in [0, 0.05) is 5.56 Å². The highest BCUT2D eigenvalue weighted by molar-refractivity contribution is 5.42. The molecule has 0 aliphatic rings. The summed E-state index contributed by atoms with van der Waals surface area (Å²) in [4.78, 5) is 0. The van der Waals surface area contributed by atoms with E-state index < -0.39 is 23.6 Å². The van der Waals surface area contributed by atoms with Crippen molar-refractivity contribution in [3.05, 3.63) is 58.9 Å². The number of halogens is 3. The summed E-state index contributed by atoms with van der Waals surface area (Å²) in [7, 11) is 0. The average Bonchev–Trinajstić information content (AvgIpc) is 2.38. The minimum Gasteiger partial charge on any atom is -0.454 e. The van der Waals surface area contributed by atoms with Gasteiger partial charge in [0.25, 0.3) is 0 Å². The number of aliphatic hydroxyl groups excluding tert-OH is 1. The number of aliphatic hydroxyl groups is 1. The molecule has 0 amide bonds. The SMILES string of the molecule is Cc1cc(Oc2cccc(F)c2F)c([C@@H](C)O)cc1F. The molecule has 106 valence electrons. The van der Waals surface area contributed by atoms with Gasteiger partial charge in [-0.3, -0.25) is 0 Å². The van der Waals surface area contributed by atoms with Crippen LogP contribution in [0, 0.1) is 24.4 Å². The van der Waals surface area contributed by atoms with Crippen LogP contribution in [-0.2, 0) is 0 Å². The Morgan fingerprint density at radius 3 is 2.40 bits per heavy atom. The molecular weight excluding hydrogens is 269 g/mol. The van der Waals surface area contributed by atoms with Gasteiger partial charge in [0.15, 0.2) is 11.6 Å². The van der Waals surface area contributed by atoms with Gasteiger partial charge in [-0.15, -0.1) is 0 Å². The lowest BCUT2D eigenvalue weighted by Gasteiger charge is -2.15. The van der Waals surface area contributed by atoms with Crippen LogP contribution in [0.4, 0.5) is 13.2 Å². The lowest BCUT2D eigenvalue weighted by molar-refractivity contribution is 0.194. The third kappa shape index (κ3) is 2.77. The van der Waals surface area contributed by atoms with E-state index in [1.54, 1.807) is 0 Å². The fraction of sp³-hybridized carbons (Fsp3) is 0.200. The van der Waals surface area contributed by atoms with Crippen LogP contribution in [0.2, 0.25) is 0 Å². The van der Waals surface area contributed by atoms with E-state index in [4.69, 9.17) is 4.74 Å². The standard InChI is InChI=1S/C15H13F3O2/c1-8-6-14(10(9(2)19)7-12(8)17)20-13-5-3-4-11(16)15(13)18/h3-7,9,19H,1-2H3/t9-/m1/s1. The van der Waals surface area contributed by atoms with Crippen LogP contribution in [0.1, 0.15) is 24.2 Å². The van der Waals surface area contributed by atoms with Gasteiger partial charge < -0.3 is 9.84 Å². The molecule has 1 atom stereocenters. The maximum Gasteiger partial charge on any atom is 0.201 e. The largest absolute Gasteiger partial charge is 0.454 e. The molecule has 2 nitrogen and oxygen atoms in total. The first-order valence-corrected chi connectivity index (χ1v) is 6.00. The molecule has 1 N–H and O–H groups in total. The summed E-state index contributed by atoms with van der Waals surface area (Å²) in [5, 5.41) is 9.61. The molecule has 0 saturated carbocycles. The van der Waals surface area contributed by atoms with Crippen molar-refractivity contribution in [2.45, 2.75) is 20.0 Å². The highest BCUT2D eigenvalue weighted by Crippen LogP contribution is 2.33. The highest BCUT2D eigenvalue weighted by atomic mass is 19.2. The van der Waals surface area contributed by atoms with Gasteiger partial charge >= 0.3 is 0 Å². The molecule has 0 saturated heterocycles. The molecule has 20 heavy (non-hydrogen) atoms. The molecule has 0 bridgehead atoms. The van der Waals surface area contributed by atoms with E-state index >= 15 is 0 Å². The predicted molar refractivity (Wildman–Crippen MR) is 68.2 cm³/mol. The second-order valence-corrected chi connectivity index (χ2v) is 4.47. The molecule has 5 heteroatoms. The number of ether oxygens (including phenoxy) is 1. The highest BCUT2D eigenvalue weighted by Gasteiger charge is 2.16. The molecule has 0 heterocycles. The van der Waals surface area contributed by atoms with E-state index in [1.165, 1.54) is 32.0 Å². The zero-order chi connectivity index (χ0) is 14.9. The van der Waals surface area contributed by atoms with E-state index in [9.17, 15) is 18.3 Å². The van der Waals surface area contributed by atoms with Gasteiger partial charge in [0.2, 0.25) is 5.82 Å². The topological polar surface area (TPSA) is 29.5 Å². The number of hydrogen-bond donors (Lipinski definition) is 1. The van der Waals surface area contributed by atoms with Crippen LogP contribution in [0.5, 0.6) is 11.5 Å². The summed E-state index contributed by atoms with van der Waals surface area (Å²) in [5.74, 6) is -2.92. The van der Waals surface area contributed by atoms with E-state index in [1.807, 2.05) is 0 Å². The number of hydrogen-bond acceptors (Lipinski definition) is 2. The Morgan fingerprint density at radius 1 is 1.05 bits per heavy atom. The molecule has 2 aromatic rings. The van der Waals surface area contributed by atoms with E-state index in [0.717, 1.165) is 12.1 Å². The van der Waals surface area contributed by atoms with Gasteiger partial charge in [-0.05, 0) is 43.7 Å². The average molecular weight is 282 g/mol. The minimum absolute atomic E-state index is 0.0865. The summed E-state index contributed by atoms with van der Waals surface area (Å²) in [5.41, 5.74) is 0.443. The molecule has 0 unspecified atom stereocenters. The summed E-state index contributed by atoms with van der Waals surface area (Å²) in [6.45, 7) is 2.94. The lowest BCUT2D eigenvalue weighted by Crippen LogP contribution is -2.00. The Hall–Kier alpha value is -2.01. The van der Waals surface area contributed by atoms with Gasteiger partial charge in [-0.2, -0.15) is 4.39 Å². The molecule has 0 aromatic heterocycles. The van der Waals surface area contributed by atoms with Crippen LogP contribution in [-0.4, -0.2) is 5.11 Å². The van der Waals surface area contributed by atoms with Crippen LogP contribution in [0.15, 0.2) is 30.3 Å². The van der Waals surface area contributed by atoms with Gasteiger partial charge in [-0.1, -0.05) is 6.07 Å². The maximum absolute atomic E-state index is 13.6. The quantitative estimate of drug-likeness (QED) is 0.911. The van der Waals surface area contributed by atoms with Crippen LogP contribution >= 0.6 is 0 Å². The first-order chi connectivity index (χ1) is 9.40. The maximum atomic E-state index is 13.6. The number of rotatable bonds is 3. The Balaban J connectivity index is 2.47. The fourth-order valence-corrected chi connectivity index (χ4v) is 1.77. The van der Waals surface area contributed by atoms with Crippen molar-refractivity contribution in [2.24, 2.45) is 0 Å². The first kappa shape index (κ1) is 14.4. The Kier molecular flexibility index (Phi) is 3.99. The van der Waals surface area contributed by atoms with Crippen LogP contribution in [0.25, 0.3) is 0 Å². The van der Waals surface area contributed by atoms with Crippen molar-refractivity contribution >= 4 is 0 Å². The molecule has 0 aliphatic heterocycles. The van der Waals surface area contributed by atoms with Crippen molar-refractivity contribution in [1.29, 1.82) is 0 Å². The minimum atomic E-state index is -1.13. The van der Waals surface area contributed by atoms with E-state index in [2.05, 4.69) is 0 Å². The second kappa shape index (κ2) is 5.54.